The molecule has 4 nitrogen and oxygen atoms in total. The van der Waals surface area contributed by atoms with E-state index >= 15 is 0 Å². The van der Waals surface area contributed by atoms with Crippen LogP contribution in [0.1, 0.15) is 11.4 Å². The Morgan fingerprint density at radius 3 is 2.47 bits per heavy atom. The number of halogens is 4. The van der Waals surface area contributed by atoms with Gasteiger partial charge >= 0.3 is 6.18 Å². The van der Waals surface area contributed by atoms with Crippen LogP contribution in [-0.4, -0.2) is 15.7 Å². The second-order valence-corrected chi connectivity index (χ2v) is 3.25. The molecule has 1 rings (SSSR count). The van der Waals surface area contributed by atoms with Crippen molar-refractivity contribution in [2.24, 2.45) is 5.73 Å². The Morgan fingerprint density at radius 1 is 1.60 bits per heavy atom. The summed E-state index contributed by atoms with van der Waals surface area (Å²) < 4.78 is 37.7. The summed E-state index contributed by atoms with van der Waals surface area (Å²) in [5.74, 6) is -0.786. The lowest BCUT2D eigenvalue weighted by atomic mass is 10.3. The van der Waals surface area contributed by atoms with E-state index in [0.29, 0.717) is 0 Å². The van der Waals surface area contributed by atoms with Gasteiger partial charge in [0.1, 0.15) is 6.54 Å². The van der Waals surface area contributed by atoms with Crippen LogP contribution < -0.4 is 5.73 Å². The molecular formula is C7H7ClF3N3O. The average molecular weight is 242 g/mol. The second kappa shape index (κ2) is 3.73. The molecule has 0 aliphatic carbocycles. The molecule has 8 heteroatoms. The lowest BCUT2D eigenvalue weighted by molar-refractivity contribution is -0.141. The van der Waals surface area contributed by atoms with Crippen LogP contribution in [0.15, 0.2) is 0 Å². The van der Waals surface area contributed by atoms with Crippen LogP contribution in [0, 0.1) is 6.92 Å². The van der Waals surface area contributed by atoms with Crippen molar-refractivity contribution in [1.82, 2.24) is 9.78 Å². The first-order valence-corrected chi connectivity index (χ1v) is 4.19. The summed E-state index contributed by atoms with van der Waals surface area (Å²) in [6, 6.07) is 0. The number of carbonyl (C=O) groups is 1. The Kier molecular flexibility index (Phi) is 2.94. The SMILES string of the molecule is Cc1c(Cl)c(C(F)(F)F)nn1CC(N)=O. The van der Waals surface area contributed by atoms with Gasteiger partial charge in [0.2, 0.25) is 5.91 Å². The molecule has 1 aromatic heterocycles. The topological polar surface area (TPSA) is 60.9 Å². The maximum Gasteiger partial charge on any atom is 0.436 e. The van der Waals surface area contributed by atoms with Gasteiger partial charge in [-0.05, 0) is 6.92 Å². The summed E-state index contributed by atoms with van der Waals surface area (Å²) in [6.45, 7) is 0.898. The predicted molar refractivity (Wildman–Crippen MR) is 46.2 cm³/mol. The van der Waals surface area contributed by atoms with E-state index in [-0.39, 0.29) is 5.69 Å². The van der Waals surface area contributed by atoms with E-state index in [1.165, 1.54) is 6.92 Å². The zero-order valence-electron chi connectivity index (χ0n) is 7.60. The standard InChI is InChI=1S/C7H7ClF3N3O/c1-3-5(8)6(7(9,10)11)13-14(3)2-4(12)15/h2H2,1H3,(H2,12,15). The van der Waals surface area contributed by atoms with Crippen molar-refractivity contribution in [3.63, 3.8) is 0 Å². The Labute approximate surface area is 87.8 Å². The van der Waals surface area contributed by atoms with Crippen molar-refractivity contribution in [3.8, 4) is 0 Å². The molecular weight excluding hydrogens is 235 g/mol. The molecule has 0 unspecified atom stereocenters. The molecule has 1 amide bonds. The first-order valence-electron chi connectivity index (χ1n) is 3.82. The molecule has 0 saturated heterocycles. The van der Waals surface area contributed by atoms with Gasteiger partial charge in [-0.15, -0.1) is 0 Å². The Morgan fingerprint density at radius 2 is 2.13 bits per heavy atom. The summed E-state index contributed by atoms with van der Waals surface area (Å²) >= 11 is 5.43. The zero-order valence-corrected chi connectivity index (χ0v) is 8.35. The molecule has 0 atom stereocenters. The lowest BCUT2D eigenvalue weighted by Crippen LogP contribution is -2.20. The molecule has 0 aromatic carbocycles. The third-order valence-electron chi connectivity index (χ3n) is 1.71. The molecule has 84 valence electrons. The van der Waals surface area contributed by atoms with Crippen molar-refractivity contribution >= 4 is 17.5 Å². The van der Waals surface area contributed by atoms with Gasteiger partial charge < -0.3 is 5.73 Å². The summed E-state index contributed by atoms with van der Waals surface area (Å²) in [4.78, 5) is 10.5. The molecule has 0 bridgehead atoms. The molecule has 15 heavy (non-hydrogen) atoms. The molecule has 0 radical (unpaired) electrons. The maximum absolute atomic E-state index is 12.3. The number of aromatic nitrogens is 2. The van der Waals surface area contributed by atoms with E-state index in [1.54, 1.807) is 0 Å². The maximum atomic E-state index is 12.3. The van der Waals surface area contributed by atoms with Gasteiger partial charge in [-0.25, -0.2) is 0 Å². The molecule has 0 spiro atoms. The minimum absolute atomic E-state index is 0.0581. The van der Waals surface area contributed by atoms with Crippen LogP contribution in [0.5, 0.6) is 0 Å². The molecule has 0 saturated carbocycles. The minimum atomic E-state index is -4.63. The fourth-order valence-corrected chi connectivity index (χ4v) is 1.25. The van der Waals surface area contributed by atoms with Crippen LogP contribution in [0.2, 0.25) is 5.02 Å². The largest absolute Gasteiger partial charge is 0.436 e. The van der Waals surface area contributed by atoms with E-state index < -0.39 is 29.3 Å². The summed E-state index contributed by atoms with van der Waals surface area (Å²) in [5.41, 5.74) is 3.69. The number of amides is 1. The molecule has 2 N–H and O–H groups in total. The molecule has 0 aliphatic rings. The van der Waals surface area contributed by atoms with Crippen LogP contribution in [0.3, 0.4) is 0 Å². The summed E-state index contributed by atoms with van der Waals surface area (Å²) in [6.07, 6.45) is -4.63. The zero-order chi connectivity index (χ0) is 11.8. The second-order valence-electron chi connectivity index (χ2n) is 2.87. The normalized spacial score (nSPS) is 11.8. The number of hydrogen-bond acceptors (Lipinski definition) is 2. The minimum Gasteiger partial charge on any atom is -0.368 e. The van der Waals surface area contributed by atoms with Crippen LogP contribution in [-0.2, 0) is 17.5 Å². The van der Waals surface area contributed by atoms with Crippen molar-refractivity contribution in [2.45, 2.75) is 19.6 Å². The van der Waals surface area contributed by atoms with E-state index in [1.807, 2.05) is 0 Å². The third kappa shape index (κ3) is 2.41. The van der Waals surface area contributed by atoms with Crippen LogP contribution in [0.25, 0.3) is 0 Å². The Hall–Kier alpha value is -1.24. The lowest BCUT2D eigenvalue weighted by Gasteiger charge is -2.01. The molecule has 1 heterocycles. The van der Waals surface area contributed by atoms with Gasteiger partial charge in [0.15, 0.2) is 5.69 Å². The van der Waals surface area contributed by atoms with Crippen molar-refractivity contribution < 1.29 is 18.0 Å². The number of alkyl halides is 3. The summed E-state index contributed by atoms with van der Waals surface area (Å²) in [7, 11) is 0. The average Bonchev–Trinajstić information content (AvgIpc) is 2.30. The van der Waals surface area contributed by atoms with Gasteiger partial charge in [-0.2, -0.15) is 18.3 Å². The van der Waals surface area contributed by atoms with E-state index in [2.05, 4.69) is 5.10 Å². The van der Waals surface area contributed by atoms with Crippen molar-refractivity contribution in [3.05, 3.63) is 16.4 Å². The highest BCUT2D eigenvalue weighted by Crippen LogP contribution is 2.35. The van der Waals surface area contributed by atoms with Gasteiger partial charge in [0.25, 0.3) is 0 Å². The van der Waals surface area contributed by atoms with E-state index in [9.17, 15) is 18.0 Å². The molecule has 1 aromatic rings. The van der Waals surface area contributed by atoms with Crippen molar-refractivity contribution in [2.75, 3.05) is 0 Å². The summed E-state index contributed by atoms with van der Waals surface area (Å²) in [5, 5.41) is 2.67. The fourth-order valence-electron chi connectivity index (χ4n) is 1.01. The highest BCUT2D eigenvalue weighted by atomic mass is 35.5. The first-order chi connectivity index (χ1) is 6.73. The Balaban J connectivity index is 3.18. The van der Waals surface area contributed by atoms with E-state index in [0.717, 1.165) is 4.68 Å². The Bertz CT molecular complexity index is 399. The van der Waals surface area contributed by atoms with E-state index in [4.69, 9.17) is 17.3 Å². The molecule has 0 aliphatic heterocycles. The van der Waals surface area contributed by atoms with Crippen LogP contribution >= 0.6 is 11.6 Å². The number of hydrogen-bond donors (Lipinski definition) is 1. The highest BCUT2D eigenvalue weighted by Gasteiger charge is 2.38. The van der Waals surface area contributed by atoms with Gasteiger partial charge in [-0.3, -0.25) is 9.48 Å². The first kappa shape index (κ1) is 11.8. The quantitative estimate of drug-likeness (QED) is 0.850. The number of primary amides is 1. The highest BCUT2D eigenvalue weighted by molar-refractivity contribution is 6.31. The molecule has 0 fully saturated rings. The number of rotatable bonds is 2. The smallest absolute Gasteiger partial charge is 0.368 e. The third-order valence-corrected chi connectivity index (χ3v) is 2.16. The fraction of sp³-hybridized carbons (Fsp3) is 0.429. The van der Waals surface area contributed by atoms with Gasteiger partial charge in [-0.1, -0.05) is 11.6 Å². The number of nitrogens with zero attached hydrogens (tertiary/aromatic N) is 2. The number of nitrogens with two attached hydrogens (primary N) is 1. The predicted octanol–water partition coefficient (Wildman–Crippen LogP) is 1.35. The monoisotopic (exact) mass is 241 g/mol. The van der Waals surface area contributed by atoms with Gasteiger partial charge in [0.05, 0.1) is 10.7 Å². The van der Waals surface area contributed by atoms with Crippen molar-refractivity contribution in [1.29, 1.82) is 0 Å². The van der Waals surface area contributed by atoms with Gasteiger partial charge in [0, 0.05) is 0 Å². The number of carbonyl (C=O) groups excluding carboxylic acids is 1. The van der Waals surface area contributed by atoms with Crippen LogP contribution in [0.4, 0.5) is 13.2 Å².